The first-order valence-electron chi connectivity index (χ1n) is 11.4. The third-order valence-corrected chi connectivity index (χ3v) is 6.90. The van der Waals surface area contributed by atoms with Crippen LogP contribution in [0.15, 0.2) is 41.5 Å². The van der Waals surface area contributed by atoms with Gasteiger partial charge < -0.3 is 23.9 Å². The molecule has 3 aromatic heterocycles. The van der Waals surface area contributed by atoms with Crippen LogP contribution in [0.1, 0.15) is 49.9 Å². The Labute approximate surface area is 213 Å². The van der Waals surface area contributed by atoms with E-state index in [1.807, 2.05) is 16.8 Å². The Hall–Kier alpha value is -3.19. The number of anilines is 1. The van der Waals surface area contributed by atoms with E-state index in [0.29, 0.717) is 23.8 Å². The zero-order valence-electron chi connectivity index (χ0n) is 19.5. The highest BCUT2D eigenvalue weighted by Gasteiger charge is 2.31. The Kier molecular flexibility index (Phi) is 8.53. The van der Waals surface area contributed by atoms with Crippen molar-refractivity contribution in [3.8, 4) is 11.9 Å². The molecule has 184 valence electrons. The van der Waals surface area contributed by atoms with Crippen molar-refractivity contribution in [1.82, 2.24) is 34.7 Å². The highest BCUT2D eigenvalue weighted by molar-refractivity contribution is 9.10. The summed E-state index contributed by atoms with van der Waals surface area (Å²) in [4.78, 5) is 23.1. The summed E-state index contributed by atoms with van der Waals surface area (Å²) in [6.07, 6.45) is 12.4. The van der Waals surface area contributed by atoms with Crippen LogP contribution >= 0.6 is 15.9 Å². The minimum Gasteiger partial charge on any atom is -0.474 e. The van der Waals surface area contributed by atoms with E-state index < -0.39 is 9.01 Å². The van der Waals surface area contributed by atoms with Crippen LogP contribution in [-0.2, 0) is 4.46 Å². The van der Waals surface area contributed by atoms with E-state index in [-0.39, 0.29) is 31.2 Å². The lowest BCUT2D eigenvalue weighted by Gasteiger charge is -2.28. The quantitative estimate of drug-likeness (QED) is 0.252. The zero-order valence-corrected chi connectivity index (χ0v) is 22.1. The summed E-state index contributed by atoms with van der Waals surface area (Å²) >= 11 is 3.30. The Balaban J connectivity index is 1.53. The molecule has 4 heterocycles. The maximum absolute atomic E-state index is 12.7. The van der Waals surface area contributed by atoms with Crippen molar-refractivity contribution < 1.29 is 13.9 Å². The lowest BCUT2D eigenvalue weighted by Crippen LogP contribution is -2.35. The molecule has 0 amide bonds. The highest BCUT2D eigenvalue weighted by atomic mass is 79.9. The van der Waals surface area contributed by atoms with Crippen LogP contribution in [-0.4, -0.2) is 58.5 Å². The number of aromatic nitrogens is 6. The van der Waals surface area contributed by atoms with Gasteiger partial charge in [-0.3, -0.25) is 4.68 Å². The maximum Gasteiger partial charge on any atom is 0.521 e. The van der Waals surface area contributed by atoms with E-state index in [9.17, 15) is 4.46 Å². The summed E-state index contributed by atoms with van der Waals surface area (Å²) in [5.41, 5.74) is 1.73. The third-order valence-electron chi connectivity index (χ3n) is 5.46. The fraction of sp³-hybridized carbons (Fsp3) is 0.409. The molecule has 0 saturated heterocycles. The van der Waals surface area contributed by atoms with E-state index in [0.717, 1.165) is 23.0 Å². The van der Waals surface area contributed by atoms with E-state index in [2.05, 4.69) is 70.9 Å². The standard InChI is InChI=1S/C22H27BrN8O3Si/c1-3-4-8-29-35(32)30-20-19(18-6-5-17-7-9-28-31(17)15(18)2)21(27-14-26-20)33-10-11-34-22-24-12-16(23)13-25-22/h5-7,9,12-15,18,29H,3-4,8,10-11H2,1-2H3,(H,26,27,30). The minimum absolute atomic E-state index is 0.0262. The normalized spacial score (nSPS) is 16.4. The minimum atomic E-state index is -2.31. The van der Waals surface area contributed by atoms with Crippen molar-refractivity contribution in [1.29, 1.82) is 0 Å². The van der Waals surface area contributed by atoms with Crippen LogP contribution < -0.4 is 19.4 Å². The van der Waals surface area contributed by atoms with Gasteiger partial charge >= 0.3 is 15.0 Å². The third kappa shape index (κ3) is 6.28. The van der Waals surface area contributed by atoms with Crippen LogP contribution in [0, 0.1) is 0 Å². The Morgan fingerprint density at radius 1 is 1.17 bits per heavy atom. The molecule has 0 radical (unpaired) electrons. The summed E-state index contributed by atoms with van der Waals surface area (Å²) in [5.74, 6) is 0.711. The number of allylic oxidation sites excluding steroid dienone is 1. The smallest absolute Gasteiger partial charge is 0.474 e. The van der Waals surface area contributed by atoms with Gasteiger partial charge in [0.25, 0.3) is 0 Å². The number of hydrogen-bond donors (Lipinski definition) is 2. The van der Waals surface area contributed by atoms with Gasteiger partial charge in [0.15, 0.2) is 0 Å². The topological polar surface area (TPSA) is 129 Å². The van der Waals surface area contributed by atoms with Crippen molar-refractivity contribution >= 4 is 36.8 Å². The van der Waals surface area contributed by atoms with Crippen LogP contribution in [0.2, 0.25) is 0 Å². The van der Waals surface area contributed by atoms with Gasteiger partial charge in [-0.25, -0.2) is 19.9 Å². The van der Waals surface area contributed by atoms with Crippen LogP contribution in [0.5, 0.6) is 11.9 Å². The second-order valence-corrected chi connectivity index (χ2v) is 10.1. The number of halogens is 1. The molecular formula is C22H27BrN8O3Si. The number of hydrogen-bond acceptors (Lipinski definition) is 8. The monoisotopic (exact) mass is 558 g/mol. The zero-order chi connectivity index (χ0) is 24.6. The second kappa shape index (κ2) is 12.0. The van der Waals surface area contributed by atoms with E-state index in [1.165, 1.54) is 6.33 Å². The molecule has 0 aliphatic carbocycles. The van der Waals surface area contributed by atoms with Gasteiger partial charge in [0.05, 0.1) is 21.8 Å². The number of nitrogens with zero attached hydrogens (tertiary/aromatic N) is 6. The molecule has 0 aromatic carbocycles. The van der Waals surface area contributed by atoms with Gasteiger partial charge in [0.1, 0.15) is 25.4 Å². The fourth-order valence-electron chi connectivity index (χ4n) is 3.72. The molecule has 35 heavy (non-hydrogen) atoms. The fourth-order valence-corrected chi connectivity index (χ4v) is 4.83. The number of rotatable bonds is 12. The van der Waals surface area contributed by atoms with Crippen molar-refractivity contribution in [2.75, 3.05) is 24.7 Å². The predicted molar refractivity (Wildman–Crippen MR) is 134 cm³/mol. The van der Waals surface area contributed by atoms with Gasteiger partial charge in [-0.05, 0) is 41.4 Å². The molecule has 3 aromatic rings. The van der Waals surface area contributed by atoms with Gasteiger partial charge in [-0.1, -0.05) is 19.4 Å². The lowest BCUT2D eigenvalue weighted by atomic mass is 9.90. The Bertz CT molecular complexity index is 1170. The van der Waals surface area contributed by atoms with Crippen LogP contribution in [0.25, 0.3) is 6.08 Å². The van der Waals surface area contributed by atoms with Crippen molar-refractivity contribution in [3.63, 3.8) is 0 Å². The van der Waals surface area contributed by atoms with E-state index >= 15 is 0 Å². The molecule has 0 bridgehead atoms. The average Bonchev–Trinajstić information content (AvgIpc) is 3.34. The van der Waals surface area contributed by atoms with Gasteiger partial charge in [0, 0.05) is 31.1 Å². The molecular weight excluding hydrogens is 532 g/mol. The van der Waals surface area contributed by atoms with Gasteiger partial charge in [0.2, 0.25) is 5.88 Å². The first kappa shape index (κ1) is 24.9. The van der Waals surface area contributed by atoms with Crippen molar-refractivity contribution in [2.45, 2.75) is 38.6 Å². The molecule has 1 aliphatic rings. The molecule has 4 rings (SSSR count). The number of nitrogens with one attached hydrogen (secondary N) is 2. The van der Waals surface area contributed by atoms with Crippen LogP contribution in [0.4, 0.5) is 5.82 Å². The molecule has 11 nitrogen and oxygen atoms in total. The molecule has 0 fully saturated rings. The van der Waals surface area contributed by atoms with Gasteiger partial charge in [-0.2, -0.15) is 5.10 Å². The second-order valence-electron chi connectivity index (χ2n) is 7.88. The Morgan fingerprint density at radius 3 is 2.77 bits per heavy atom. The number of unbranched alkanes of at least 4 members (excludes halogenated alkanes) is 1. The maximum atomic E-state index is 12.7. The summed E-state index contributed by atoms with van der Waals surface area (Å²) < 4.78 is 27.0. The molecule has 2 atom stereocenters. The number of ether oxygens (including phenoxy) is 2. The summed E-state index contributed by atoms with van der Waals surface area (Å²) in [7, 11) is -2.31. The SMILES string of the molecule is CCCCN[Si](=O)Nc1ncnc(OCCOc2ncc(Br)cn2)c1C1C=Cc2ccnn2C1C. The molecule has 2 N–H and O–H groups in total. The molecule has 0 spiro atoms. The number of fused-ring (bicyclic) bond motifs is 1. The molecule has 0 saturated carbocycles. The van der Waals surface area contributed by atoms with Crippen molar-refractivity contribution in [2.24, 2.45) is 0 Å². The van der Waals surface area contributed by atoms with Crippen LogP contribution in [0.3, 0.4) is 0 Å². The first-order chi connectivity index (χ1) is 17.1. The van der Waals surface area contributed by atoms with Crippen molar-refractivity contribution in [3.05, 3.63) is 52.8 Å². The van der Waals surface area contributed by atoms with Gasteiger partial charge in [-0.15, -0.1) is 0 Å². The highest BCUT2D eigenvalue weighted by Crippen LogP contribution is 2.41. The average molecular weight is 560 g/mol. The molecule has 13 heteroatoms. The van der Waals surface area contributed by atoms with E-state index in [4.69, 9.17) is 9.47 Å². The largest absolute Gasteiger partial charge is 0.521 e. The first-order valence-corrected chi connectivity index (χ1v) is 13.6. The van der Waals surface area contributed by atoms with E-state index in [1.54, 1.807) is 18.6 Å². The summed E-state index contributed by atoms with van der Waals surface area (Å²) in [5, 5.41) is 4.46. The lowest BCUT2D eigenvalue weighted by molar-refractivity contribution is 0.199. The summed E-state index contributed by atoms with van der Waals surface area (Å²) in [6.45, 7) is 5.26. The Morgan fingerprint density at radius 2 is 1.97 bits per heavy atom. The molecule has 1 aliphatic heterocycles. The summed E-state index contributed by atoms with van der Waals surface area (Å²) in [6, 6.07) is 2.19. The predicted octanol–water partition coefficient (Wildman–Crippen LogP) is 3.27. The molecule has 2 unspecified atom stereocenters.